The predicted octanol–water partition coefficient (Wildman–Crippen LogP) is 2.35. The smallest absolute Gasteiger partial charge is 0.150 e. The summed E-state index contributed by atoms with van der Waals surface area (Å²) in [7, 11) is -1.28. The van der Waals surface area contributed by atoms with Crippen LogP contribution >= 0.6 is 0 Å². The van der Waals surface area contributed by atoms with Gasteiger partial charge in [0.2, 0.25) is 0 Å². The first kappa shape index (κ1) is 10.2. The van der Waals surface area contributed by atoms with E-state index in [-0.39, 0.29) is 0 Å². The van der Waals surface area contributed by atoms with Crippen LogP contribution in [0.25, 0.3) is 0 Å². The fourth-order valence-electron chi connectivity index (χ4n) is 1.52. The van der Waals surface area contributed by atoms with E-state index in [9.17, 15) is 4.79 Å². The van der Waals surface area contributed by atoms with Gasteiger partial charge in [0, 0.05) is 5.56 Å². The van der Waals surface area contributed by atoms with Gasteiger partial charge in [-0.15, -0.1) is 0 Å². The molecule has 2 heteroatoms. The Labute approximate surface area is 80.8 Å². The molecule has 0 saturated heterocycles. The first-order valence-electron chi connectivity index (χ1n) is 4.51. The highest BCUT2D eigenvalue weighted by Gasteiger charge is 2.18. The zero-order valence-corrected chi connectivity index (χ0v) is 9.72. The van der Waals surface area contributed by atoms with Gasteiger partial charge in [0.1, 0.15) is 6.29 Å². The van der Waals surface area contributed by atoms with E-state index in [0.29, 0.717) is 0 Å². The largest absolute Gasteiger partial charge is 0.298 e. The Morgan fingerprint density at radius 1 is 1.23 bits per heavy atom. The van der Waals surface area contributed by atoms with E-state index < -0.39 is 8.07 Å². The van der Waals surface area contributed by atoms with Crippen LogP contribution < -0.4 is 5.19 Å². The second kappa shape index (κ2) is 3.46. The summed E-state index contributed by atoms with van der Waals surface area (Å²) in [5, 5.41) is 1.39. The SMILES string of the molecule is Cc1ccc(C=O)cc1[Si](C)(C)C. The van der Waals surface area contributed by atoms with Gasteiger partial charge in [0.15, 0.2) is 0 Å². The van der Waals surface area contributed by atoms with Gasteiger partial charge in [-0.25, -0.2) is 0 Å². The first-order chi connectivity index (χ1) is 5.95. The number of benzene rings is 1. The quantitative estimate of drug-likeness (QED) is 0.519. The molecule has 0 fully saturated rings. The molecule has 0 aliphatic heterocycles. The maximum absolute atomic E-state index is 10.6. The van der Waals surface area contributed by atoms with Gasteiger partial charge in [-0.2, -0.15) is 0 Å². The van der Waals surface area contributed by atoms with Crippen molar-refractivity contribution in [3.8, 4) is 0 Å². The minimum Gasteiger partial charge on any atom is -0.298 e. The molecular weight excluding hydrogens is 176 g/mol. The fraction of sp³-hybridized carbons (Fsp3) is 0.364. The Kier molecular flexibility index (Phi) is 2.71. The highest BCUT2D eigenvalue weighted by molar-refractivity contribution is 6.89. The number of hydrogen-bond donors (Lipinski definition) is 0. The summed E-state index contributed by atoms with van der Waals surface area (Å²) in [5.74, 6) is 0. The lowest BCUT2D eigenvalue weighted by Gasteiger charge is -2.19. The molecule has 0 spiro atoms. The Hall–Kier alpha value is -0.893. The Morgan fingerprint density at radius 3 is 2.31 bits per heavy atom. The zero-order chi connectivity index (χ0) is 10.1. The van der Waals surface area contributed by atoms with Crippen molar-refractivity contribution in [1.29, 1.82) is 0 Å². The summed E-state index contributed by atoms with van der Waals surface area (Å²) in [6, 6.07) is 5.96. The lowest BCUT2D eigenvalue weighted by atomic mass is 10.2. The molecule has 1 aromatic carbocycles. The molecule has 1 aromatic rings. The minimum absolute atomic E-state index is 0.794. The van der Waals surface area contributed by atoms with Crippen LogP contribution in [0, 0.1) is 6.92 Å². The molecule has 0 aromatic heterocycles. The standard InChI is InChI=1S/C11H16OSi/c1-9-5-6-10(8-12)7-11(9)13(2,3)4/h5-8H,1-4H3. The maximum atomic E-state index is 10.6. The molecule has 0 bridgehead atoms. The Morgan fingerprint density at radius 2 is 1.85 bits per heavy atom. The summed E-state index contributed by atoms with van der Waals surface area (Å²) in [5.41, 5.74) is 2.10. The number of hydrogen-bond acceptors (Lipinski definition) is 1. The number of carbonyl (C=O) groups is 1. The summed E-state index contributed by atoms with van der Waals surface area (Å²) in [4.78, 5) is 10.6. The van der Waals surface area contributed by atoms with Gasteiger partial charge in [0.25, 0.3) is 0 Å². The summed E-state index contributed by atoms with van der Waals surface area (Å²) in [6.45, 7) is 9.00. The van der Waals surface area contributed by atoms with Crippen molar-refractivity contribution < 1.29 is 4.79 Å². The van der Waals surface area contributed by atoms with Crippen LogP contribution in [-0.2, 0) is 0 Å². The molecular formula is C11H16OSi. The third-order valence-electron chi connectivity index (χ3n) is 2.21. The highest BCUT2D eigenvalue weighted by Crippen LogP contribution is 2.08. The van der Waals surface area contributed by atoms with Crippen molar-refractivity contribution >= 4 is 19.5 Å². The van der Waals surface area contributed by atoms with E-state index in [4.69, 9.17) is 0 Å². The number of aldehydes is 1. The molecule has 0 heterocycles. The van der Waals surface area contributed by atoms with Crippen LogP contribution in [0.5, 0.6) is 0 Å². The summed E-state index contributed by atoms with van der Waals surface area (Å²) >= 11 is 0. The molecule has 1 nitrogen and oxygen atoms in total. The van der Waals surface area contributed by atoms with Crippen LogP contribution in [0.3, 0.4) is 0 Å². The number of aryl methyl sites for hydroxylation is 1. The lowest BCUT2D eigenvalue weighted by Crippen LogP contribution is -2.39. The van der Waals surface area contributed by atoms with Crippen molar-refractivity contribution in [1.82, 2.24) is 0 Å². The van der Waals surface area contributed by atoms with Crippen molar-refractivity contribution in [3.05, 3.63) is 29.3 Å². The third kappa shape index (κ3) is 2.28. The topological polar surface area (TPSA) is 17.1 Å². The molecule has 0 N–H and O–H groups in total. The highest BCUT2D eigenvalue weighted by atomic mass is 28.3. The van der Waals surface area contributed by atoms with Gasteiger partial charge in [-0.1, -0.05) is 48.6 Å². The van der Waals surface area contributed by atoms with Crippen LogP contribution in [0.1, 0.15) is 15.9 Å². The van der Waals surface area contributed by atoms with E-state index >= 15 is 0 Å². The van der Waals surface area contributed by atoms with Crippen LogP contribution in [0.4, 0.5) is 0 Å². The van der Waals surface area contributed by atoms with Gasteiger partial charge in [-0.3, -0.25) is 4.79 Å². The van der Waals surface area contributed by atoms with Crippen molar-refractivity contribution in [2.75, 3.05) is 0 Å². The minimum atomic E-state index is -1.28. The Balaban J connectivity index is 3.27. The van der Waals surface area contributed by atoms with Gasteiger partial charge in [-0.05, 0) is 6.92 Å². The molecule has 1 rings (SSSR count). The van der Waals surface area contributed by atoms with Crippen LogP contribution in [0.2, 0.25) is 19.6 Å². The molecule has 0 aliphatic carbocycles. The van der Waals surface area contributed by atoms with Gasteiger partial charge < -0.3 is 0 Å². The van der Waals surface area contributed by atoms with Gasteiger partial charge >= 0.3 is 0 Å². The van der Waals surface area contributed by atoms with Crippen molar-refractivity contribution in [2.24, 2.45) is 0 Å². The Bertz CT molecular complexity index is 323. The second-order valence-corrected chi connectivity index (χ2v) is 9.48. The van der Waals surface area contributed by atoms with E-state index in [0.717, 1.165) is 11.8 Å². The molecule has 0 amide bonds. The van der Waals surface area contributed by atoms with E-state index in [1.54, 1.807) is 0 Å². The molecule has 0 atom stereocenters. The average molecular weight is 192 g/mol. The van der Waals surface area contributed by atoms with E-state index in [1.807, 2.05) is 18.2 Å². The predicted molar refractivity (Wildman–Crippen MR) is 59.5 cm³/mol. The second-order valence-electron chi connectivity index (χ2n) is 4.44. The number of carbonyl (C=O) groups excluding carboxylic acids is 1. The molecule has 0 aliphatic rings. The maximum Gasteiger partial charge on any atom is 0.150 e. The average Bonchev–Trinajstić information content (AvgIpc) is 2.03. The first-order valence-corrected chi connectivity index (χ1v) is 8.01. The molecule has 0 saturated carbocycles. The van der Waals surface area contributed by atoms with E-state index in [1.165, 1.54) is 10.8 Å². The van der Waals surface area contributed by atoms with E-state index in [2.05, 4.69) is 26.6 Å². The fourth-order valence-corrected chi connectivity index (χ4v) is 3.39. The monoisotopic (exact) mass is 192 g/mol. The molecule has 0 unspecified atom stereocenters. The van der Waals surface area contributed by atoms with Crippen LogP contribution in [-0.4, -0.2) is 14.4 Å². The summed E-state index contributed by atoms with van der Waals surface area (Å²) < 4.78 is 0. The van der Waals surface area contributed by atoms with Crippen molar-refractivity contribution in [3.63, 3.8) is 0 Å². The summed E-state index contributed by atoms with van der Waals surface area (Å²) in [6.07, 6.45) is 0.920. The zero-order valence-electron chi connectivity index (χ0n) is 8.72. The number of rotatable bonds is 2. The van der Waals surface area contributed by atoms with Crippen molar-refractivity contribution in [2.45, 2.75) is 26.6 Å². The van der Waals surface area contributed by atoms with Crippen LogP contribution in [0.15, 0.2) is 18.2 Å². The molecule has 0 radical (unpaired) electrons. The normalized spacial score (nSPS) is 11.4. The third-order valence-corrected chi connectivity index (χ3v) is 4.36. The van der Waals surface area contributed by atoms with Gasteiger partial charge in [0.05, 0.1) is 8.07 Å². The molecule has 70 valence electrons. The molecule has 13 heavy (non-hydrogen) atoms. The lowest BCUT2D eigenvalue weighted by molar-refractivity contribution is 0.112.